The topological polar surface area (TPSA) is 77.4 Å². The summed E-state index contributed by atoms with van der Waals surface area (Å²) >= 11 is 0. The molecular weight excluding hydrogens is 317 g/mol. The van der Waals surface area contributed by atoms with Crippen molar-refractivity contribution in [3.8, 4) is 5.75 Å². The van der Waals surface area contributed by atoms with Crippen LogP contribution in [0, 0.1) is 0 Å². The lowest BCUT2D eigenvalue weighted by atomic mass is 10.3. The summed E-state index contributed by atoms with van der Waals surface area (Å²) in [6.45, 7) is 4.42. The molecule has 0 atom stereocenters. The predicted molar refractivity (Wildman–Crippen MR) is 70.6 cm³/mol. The lowest BCUT2D eigenvalue weighted by Gasteiger charge is -2.08. The minimum atomic E-state index is -6.09. The molecule has 20 heavy (non-hydrogen) atoms. The molecule has 0 unspecified atom stereocenters. The van der Waals surface area contributed by atoms with Gasteiger partial charge in [-0.05, 0) is 38.1 Å². The van der Waals surface area contributed by atoms with Gasteiger partial charge in [0.2, 0.25) is 0 Å². The first-order valence-electron chi connectivity index (χ1n) is 5.51. The Morgan fingerprint density at radius 1 is 1.15 bits per heavy atom. The lowest BCUT2D eigenvalue weighted by Crippen LogP contribution is -2.21. The summed E-state index contributed by atoms with van der Waals surface area (Å²) in [6.07, 6.45) is 0. The van der Waals surface area contributed by atoms with Crippen molar-refractivity contribution < 1.29 is 31.2 Å². The van der Waals surface area contributed by atoms with Gasteiger partial charge in [0, 0.05) is 10.9 Å². The summed E-state index contributed by atoms with van der Waals surface area (Å²) in [7, 11) is -5.71. The number of aromatic hydroxyl groups is 1. The van der Waals surface area contributed by atoms with Crippen LogP contribution in [-0.2, 0) is 21.0 Å². The van der Waals surface area contributed by atoms with Gasteiger partial charge in [-0.25, -0.2) is 8.42 Å². The van der Waals surface area contributed by atoms with E-state index in [1.807, 2.05) is 12.1 Å². The van der Waals surface area contributed by atoms with Gasteiger partial charge in [0.05, 0.1) is 0 Å². The third-order valence-corrected chi connectivity index (χ3v) is 5.05. The Balaban J connectivity index is 0.000000396. The minimum absolute atomic E-state index is 0.356. The number of hydrogen-bond donors (Lipinski definition) is 1. The molecule has 1 aromatic carbocycles. The largest absolute Gasteiger partial charge is 0.741 e. The Bertz CT molecular complexity index is 493. The molecule has 0 fully saturated rings. The van der Waals surface area contributed by atoms with E-state index >= 15 is 0 Å². The quantitative estimate of drug-likeness (QED) is 0.524. The van der Waals surface area contributed by atoms with Gasteiger partial charge < -0.3 is 9.66 Å². The first kappa shape index (κ1) is 19.1. The van der Waals surface area contributed by atoms with Gasteiger partial charge in [0.25, 0.3) is 0 Å². The summed E-state index contributed by atoms with van der Waals surface area (Å²) in [5, 5.41) is 9.09. The highest BCUT2D eigenvalue weighted by molar-refractivity contribution is 7.96. The third-order valence-electron chi connectivity index (χ3n) is 2.15. The molecule has 4 nitrogen and oxygen atoms in total. The smallest absolute Gasteiger partial charge is 0.485 e. The van der Waals surface area contributed by atoms with Gasteiger partial charge in [-0.15, -0.1) is 0 Å². The molecule has 0 aliphatic carbocycles. The number of rotatable bonds is 3. The Labute approximate surface area is 118 Å². The molecule has 0 aliphatic heterocycles. The maximum Gasteiger partial charge on any atom is 0.485 e. The summed E-state index contributed by atoms with van der Waals surface area (Å²) < 4.78 is 58.9. The van der Waals surface area contributed by atoms with Crippen LogP contribution in [0.1, 0.15) is 13.8 Å². The van der Waals surface area contributed by atoms with Gasteiger partial charge >= 0.3 is 5.51 Å². The number of phenolic OH excluding ortho intramolecular Hbond substituents is 1. The summed E-state index contributed by atoms with van der Waals surface area (Å²) in [5.41, 5.74) is -5.65. The van der Waals surface area contributed by atoms with E-state index in [4.69, 9.17) is 18.1 Å². The SMILES string of the molecule is CC[S+](CC)c1ccc(O)cc1.O=S(=O)([O-])C(F)(F)F. The summed E-state index contributed by atoms with van der Waals surface area (Å²) in [5.74, 6) is 2.75. The van der Waals surface area contributed by atoms with Crippen molar-refractivity contribution in [3.63, 3.8) is 0 Å². The summed E-state index contributed by atoms with van der Waals surface area (Å²) in [6, 6.07) is 7.57. The van der Waals surface area contributed by atoms with Crippen molar-refractivity contribution in [2.45, 2.75) is 24.3 Å². The second kappa shape index (κ2) is 7.75. The molecule has 0 aliphatic rings. The van der Waals surface area contributed by atoms with E-state index in [2.05, 4.69) is 13.8 Å². The number of hydrogen-bond acceptors (Lipinski definition) is 4. The van der Waals surface area contributed by atoms with Crippen LogP contribution >= 0.6 is 0 Å². The normalized spacial score (nSPS) is 11.9. The first-order valence-corrected chi connectivity index (χ1v) is 8.48. The average Bonchev–Trinajstić information content (AvgIpc) is 2.31. The van der Waals surface area contributed by atoms with Gasteiger partial charge in [0.15, 0.2) is 15.0 Å². The van der Waals surface area contributed by atoms with E-state index < -0.39 is 15.6 Å². The number of alkyl halides is 3. The molecular formula is C11H15F3O4S2. The molecule has 0 radical (unpaired) electrons. The highest BCUT2D eigenvalue weighted by atomic mass is 32.2. The number of halogens is 3. The number of benzene rings is 1. The van der Waals surface area contributed by atoms with E-state index in [0.717, 1.165) is 0 Å². The van der Waals surface area contributed by atoms with Crippen LogP contribution in [0.4, 0.5) is 13.2 Å². The van der Waals surface area contributed by atoms with Crippen LogP contribution in [0.2, 0.25) is 0 Å². The van der Waals surface area contributed by atoms with Crippen LogP contribution in [0.5, 0.6) is 5.75 Å². The molecule has 0 aromatic heterocycles. The number of phenols is 1. The van der Waals surface area contributed by atoms with Crippen LogP contribution in [0.3, 0.4) is 0 Å². The zero-order valence-electron chi connectivity index (χ0n) is 10.8. The van der Waals surface area contributed by atoms with E-state index in [-0.39, 0.29) is 0 Å². The Morgan fingerprint density at radius 2 is 1.50 bits per heavy atom. The third kappa shape index (κ3) is 6.49. The van der Waals surface area contributed by atoms with Gasteiger partial charge in [-0.3, -0.25) is 0 Å². The Morgan fingerprint density at radius 3 is 1.75 bits per heavy atom. The van der Waals surface area contributed by atoms with Crippen LogP contribution < -0.4 is 0 Å². The zero-order chi connectivity index (χ0) is 16.0. The molecule has 1 aromatic rings. The fourth-order valence-electron chi connectivity index (χ4n) is 1.18. The zero-order valence-corrected chi connectivity index (χ0v) is 12.5. The molecule has 0 bridgehead atoms. The van der Waals surface area contributed by atoms with E-state index in [1.165, 1.54) is 16.4 Å². The molecule has 9 heteroatoms. The maximum absolute atomic E-state index is 10.7. The molecule has 0 saturated heterocycles. The average molecular weight is 332 g/mol. The van der Waals surface area contributed by atoms with E-state index in [0.29, 0.717) is 16.6 Å². The van der Waals surface area contributed by atoms with Crippen molar-refractivity contribution in [2.75, 3.05) is 11.5 Å². The van der Waals surface area contributed by atoms with Crippen LogP contribution in [0.15, 0.2) is 29.2 Å². The summed E-state index contributed by atoms with van der Waals surface area (Å²) in [4.78, 5) is 1.36. The highest BCUT2D eigenvalue weighted by Gasteiger charge is 2.36. The monoisotopic (exact) mass is 332 g/mol. The fraction of sp³-hybridized carbons (Fsp3) is 0.455. The minimum Gasteiger partial charge on any atom is -0.741 e. The second-order valence-corrected chi connectivity index (χ2v) is 7.45. The molecule has 0 spiro atoms. The molecule has 116 valence electrons. The van der Waals surface area contributed by atoms with Crippen LogP contribution in [0.25, 0.3) is 0 Å². The molecule has 1 rings (SSSR count). The van der Waals surface area contributed by atoms with Crippen molar-refractivity contribution in [1.29, 1.82) is 0 Å². The Hall–Kier alpha value is -0.930. The van der Waals surface area contributed by atoms with Gasteiger partial charge in [-0.2, -0.15) is 13.2 Å². The van der Waals surface area contributed by atoms with Gasteiger partial charge in [-0.1, -0.05) is 0 Å². The first-order chi connectivity index (χ1) is 9.02. The fourth-order valence-corrected chi connectivity index (χ4v) is 2.77. The second-order valence-electron chi connectivity index (χ2n) is 3.46. The maximum atomic E-state index is 10.7. The molecule has 0 heterocycles. The van der Waals surface area contributed by atoms with Crippen molar-refractivity contribution >= 4 is 21.0 Å². The van der Waals surface area contributed by atoms with Crippen molar-refractivity contribution in [1.82, 2.24) is 0 Å². The lowest BCUT2D eigenvalue weighted by molar-refractivity contribution is -0.0517. The molecule has 0 amide bonds. The van der Waals surface area contributed by atoms with Crippen molar-refractivity contribution in [3.05, 3.63) is 24.3 Å². The van der Waals surface area contributed by atoms with E-state index in [9.17, 15) is 13.2 Å². The highest BCUT2D eigenvalue weighted by Crippen LogP contribution is 2.20. The molecule has 1 N–H and O–H groups in total. The Kier molecular flexibility index (Phi) is 7.39. The molecule has 0 saturated carbocycles. The predicted octanol–water partition coefficient (Wildman–Crippen LogP) is 2.46. The van der Waals surface area contributed by atoms with Crippen LogP contribution in [-0.4, -0.2) is 35.1 Å². The standard InChI is InChI=1S/C10H14OS.CHF3O3S/c1-3-12(4-2)10-7-5-9(11)6-8-10;2-1(3,4)8(5,6)7/h5-8H,3-4H2,1-2H3;(H,5,6,7). The van der Waals surface area contributed by atoms with E-state index in [1.54, 1.807) is 12.1 Å². The van der Waals surface area contributed by atoms with Gasteiger partial charge in [0.1, 0.15) is 17.3 Å². The van der Waals surface area contributed by atoms with Crippen molar-refractivity contribution in [2.24, 2.45) is 0 Å².